The van der Waals surface area contributed by atoms with Gasteiger partial charge in [0.05, 0.1) is 12.6 Å². The second-order valence-corrected chi connectivity index (χ2v) is 4.21. The number of nitriles is 1. The normalized spacial score (nSPS) is 11.6. The highest BCUT2D eigenvalue weighted by molar-refractivity contribution is 5.78. The molecule has 0 aliphatic heterocycles. The number of carbonyl (C=O) groups excluding carboxylic acids is 1. The molecule has 18 heavy (non-hydrogen) atoms. The van der Waals surface area contributed by atoms with Crippen molar-refractivity contribution in [2.75, 3.05) is 19.6 Å². The maximum absolute atomic E-state index is 11.2. The summed E-state index contributed by atoms with van der Waals surface area (Å²) < 4.78 is 0. The maximum Gasteiger partial charge on any atom is 0.234 e. The molecular formula is C14H19N3O. The van der Waals surface area contributed by atoms with Gasteiger partial charge in [-0.25, -0.2) is 0 Å². The SMILES string of the molecule is CC(CCNCC(=O)NCC#N)c1ccccc1. The highest BCUT2D eigenvalue weighted by Crippen LogP contribution is 2.17. The third-order valence-corrected chi connectivity index (χ3v) is 2.77. The van der Waals surface area contributed by atoms with E-state index in [9.17, 15) is 4.79 Å². The summed E-state index contributed by atoms with van der Waals surface area (Å²) in [5.74, 6) is 0.338. The molecule has 0 aromatic heterocycles. The number of rotatable bonds is 7. The molecular weight excluding hydrogens is 226 g/mol. The fourth-order valence-electron chi connectivity index (χ4n) is 1.67. The van der Waals surface area contributed by atoms with Crippen LogP contribution in [0.4, 0.5) is 0 Å². The Morgan fingerprint density at radius 3 is 2.78 bits per heavy atom. The molecule has 0 bridgehead atoms. The first-order chi connectivity index (χ1) is 8.74. The van der Waals surface area contributed by atoms with E-state index in [0.29, 0.717) is 5.92 Å². The Morgan fingerprint density at radius 2 is 2.11 bits per heavy atom. The van der Waals surface area contributed by atoms with Gasteiger partial charge in [-0.1, -0.05) is 37.3 Å². The zero-order valence-electron chi connectivity index (χ0n) is 10.6. The molecule has 1 aromatic carbocycles. The molecule has 0 aliphatic carbocycles. The van der Waals surface area contributed by atoms with E-state index in [1.165, 1.54) is 5.56 Å². The van der Waals surface area contributed by atoms with Crippen LogP contribution in [0.2, 0.25) is 0 Å². The van der Waals surface area contributed by atoms with Crippen LogP contribution in [0.25, 0.3) is 0 Å². The number of carbonyl (C=O) groups is 1. The van der Waals surface area contributed by atoms with E-state index in [1.54, 1.807) is 0 Å². The van der Waals surface area contributed by atoms with Crippen LogP contribution in [0, 0.1) is 11.3 Å². The van der Waals surface area contributed by atoms with Crippen molar-refractivity contribution in [3.8, 4) is 6.07 Å². The van der Waals surface area contributed by atoms with Gasteiger partial charge in [0.1, 0.15) is 6.54 Å². The summed E-state index contributed by atoms with van der Waals surface area (Å²) in [5.41, 5.74) is 1.31. The number of nitrogens with zero attached hydrogens (tertiary/aromatic N) is 1. The third kappa shape index (κ3) is 5.46. The van der Waals surface area contributed by atoms with Crippen LogP contribution < -0.4 is 10.6 Å². The number of hydrogen-bond acceptors (Lipinski definition) is 3. The molecule has 4 heteroatoms. The van der Waals surface area contributed by atoms with E-state index in [4.69, 9.17) is 5.26 Å². The Labute approximate surface area is 108 Å². The van der Waals surface area contributed by atoms with Crippen molar-refractivity contribution < 1.29 is 4.79 Å². The average molecular weight is 245 g/mol. The first kappa shape index (κ1) is 14.2. The van der Waals surface area contributed by atoms with Crippen molar-refractivity contribution in [1.29, 1.82) is 5.26 Å². The standard InChI is InChI=1S/C14H19N3O/c1-12(13-5-3-2-4-6-13)7-9-16-11-14(18)17-10-8-15/h2-6,12,16H,7,9-11H2,1H3,(H,17,18). The van der Waals surface area contributed by atoms with Crippen LogP contribution in [0.5, 0.6) is 0 Å². The van der Waals surface area contributed by atoms with Crippen molar-refractivity contribution in [3.05, 3.63) is 35.9 Å². The zero-order chi connectivity index (χ0) is 13.2. The Kier molecular flexibility index (Phi) is 6.52. The molecule has 0 heterocycles. The molecule has 4 nitrogen and oxygen atoms in total. The molecule has 0 saturated heterocycles. The van der Waals surface area contributed by atoms with Gasteiger partial charge in [-0.3, -0.25) is 4.79 Å². The van der Waals surface area contributed by atoms with Crippen LogP contribution in [0.3, 0.4) is 0 Å². The topological polar surface area (TPSA) is 64.9 Å². The molecule has 1 rings (SSSR count). The summed E-state index contributed by atoms with van der Waals surface area (Å²) in [4.78, 5) is 11.2. The lowest BCUT2D eigenvalue weighted by atomic mass is 9.98. The highest BCUT2D eigenvalue weighted by atomic mass is 16.1. The summed E-state index contributed by atoms with van der Waals surface area (Å²) in [6.07, 6.45) is 0.982. The van der Waals surface area contributed by atoms with Crippen molar-refractivity contribution in [2.45, 2.75) is 19.3 Å². The van der Waals surface area contributed by atoms with Crippen LogP contribution in [-0.4, -0.2) is 25.5 Å². The number of hydrogen-bond donors (Lipinski definition) is 2. The minimum atomic E-state index is -0.135. The highest BCUT2D eigenvalue weighted by Gasteiger charge is 2.05. The van der Waals surface area contributed by atoms with Gasteiger partial charge in [0.15, 0.2) is 0 Å². The summed E-state index contributed by atoms with van der Waals surface area (Å²) >= 11 is 0. The Morgan fingerprint density at radius 1 is 1.39 bits per heavy atom. The minimum absolute atomic E-state index is 0.0704. The molecule has 2 N–H and O–H groups in total. The Balaban J connectivity index is 2.15. The fraction of sp³-hybridized carbons (Fsp3) is 0.429. The van der Waals surface area contributed by atoms with Gasteiger partial charge in [-0.2, -0.15) is 5.26 Å². The molecule has 0 spiro atoms. The first-order valence-corrected chi connectivity index (χ1v) is 6.13. The fourth-order valence-corrected chi connectivity index (χ4v) is 1.67. The van der Waals surface area contributed by atoms with Crippen molar-refractivity contribution >= 4 is 5.91 Å². The summed E-state index contributed by atoms with van der Waals surface area (Å²) in [7, 11) is 0. The largest absolute Gasteiger partial charge is 0.342 e. The number of benzene rings is 1. The zero-order valence-corrected chi connectivity index (χ0v) is 10.6. The molecule has 0 aliphatic rings. The van der Waals surface area contributed by atoms with Crippen molar-refractivity contribution in [1.82, 2.24) is 10.6 Å². The Hall–Kier alpha value is -1.86. The molecule has 0 fully saturated rings. The van der Waals surface area contributed by atoms with E-state index in [-0.39, 0.29) is 19.0 Å². The van der Waals surface area contributed by atoms with Gasteiger partial charge in [-0.15, -0.1) is 0 Å². The summed E-state index contributed by atoms with van der Waals surface area (Å²) in [5, 5.41) is 13.9. The predicted molar refractivity (Wildman–Crippen MR) is 71.0 cm³/mol. The van der Waals surface area contributed by atoms with Gasteiger partial charge in [-0.05, 0) is 24.4 Å². The Bertz CT molecular complexity index is 397. The minimum Gasteiger partial charge on any atom is -0.342 e. The summed E-state index contributed by atoms with van der Waals surface area (Å²) in [6, 6.07) is 12.2. The monoisotopic (exact) mass is 245 g/mol. The third-order valence-electron chi connectivity index (χ3n) is 2.77. The van der Waals surface area contributed by atoms with Gasteiger partial charge < -0.3 is 10.6 Å². The lowest BCUT2D eigenvalue weighted by Crippen LogP contribution is -2.34. The quantitative estimate of drug-likeness (QED) is 0.564. The van der Waals surface area contributed by atoms with Crippen LogP contribution >= 0.6 is 0 Å². The second kappa shape index (κ2) is 8.26. The van der Waals surface area contributed by atoms with Crippen molar-refractivity contribution in [2.24, 2.45) is 0 Å². The lowest BCUT2D eigenvalue weighted by molar-refractivity contribution is -0.120. The smallest absolute Gasteiger partial charge is 0.234 e. The molecule has 0 radical (unpaired) electrons. The van der Waals surface area contributed by atoms with Gasteiger partial charge in [0.25, 0.3) is 0 Å². The van der Waals surface area contributed by atoms with Crippen LogP contribution in [0.15, 0.2) is 30.3 Å². The average Bonchev–Trinajstić information content (AvgIpc) is 2.42. The molecule has 96 valence electrons. The second-order valence-electron chi connectivity index (χ2n) is 4.21. The number of amides is 1. The van der Waals surface area contributed by atoms with E-state index in [2.05, 4.69) is 29.7 Å². The number of nitrogens with one attached hydrogen (secondary N) is 2. The van der Waals surface area contributed by atoms with Crippen LogP contribution in [0.1, 0.15) is 24.8 Å². The van der Waals surface area contributed by atoms with Crippen LogP contribution in [-0.2, 0) is 4.79 Å². The molecule has 1 atom stereocenters. The summed E-state index contributed by atoms with van der Waals surface area (Å²) in [6.45, 7) is 3.30. The van der Waals surface area contributed by atoms with Gasteiger partial charge in [0.2, 0.25) is 5.91 Å². The van der Waals surface area contributed by atoms with E-state index < -0.39 is 0 Å². The molecule has 1 amide bonds. The van der Waals surface area contributed by atoms with E-state index in [1.807, 2.05) is 24.3 Å². The predicted octanol–water partition coefficient (Wildman–Crippen LogP) is 1.41. The molecule has 1 unspecified atom stereocenters. The van der Waals surface area contributed by atoms with E-state index >= 15 is 0 Å². The van der Waals surface area contributed by atoms with E-state index in [0.717, 1.165) is 13.0 Å². The molecule has 0 saturated carbocycles. The molecule has 1 aromatic rings. The first-order valence-electron chi connectivity index (χ1n) is 6.13. The lowest BCUT2D eigenvalue weighted by Gasteiger charge is -2.12. The van der Waals surface area contributed by atoms with Gasteiger partial charge >= 0.3 is 0 Å². The van der Waals surface area contributed by atoms with Crippen molar-refractivity contribution in [3.63, 3.8) is 0 Å². The maximum atomic E-state index is 11.2. The van der Waals surface area contributed by atoms with Gasteiger partial charge in [0, 0.05) is 0 Å².